The Kier molecular flexibility index (Phi) is 5.99. The smallest absolute Gasteiger partial charge is 0.269 e. The Morgan fingerprint density at radius 1 is 1.19 bits per heavy atom. The standard InChI is InChI=1S/C23H23N5OS2/c1-5-28-21(29)20(22-27(4)18-8-6-7-9-19(18)30-22)31-23(28)26-17-12-15(13-24)10-11-16(17)25-14(2)3/h6-12,14,25H,5H2,1-4H3. The van der Waals surface area contributed by atoms with Crippen LogP contribution >= 0.6 is 23.5 Å². The molecule has 4 rings (SSSR count). The van der Waals surface area contributed by atoms with E-state index in [1.54, 1.807) is 28.8 Å². The van der Waals surface area contributed by atoms with E-state index in [4.69, 9.17) is 4.99 Å². The molecule has 0 radical (unpaired) electrons. The van der Waals surface area contributed by atoms with E-state index >= 15 is 0 Å². The first-order valence-electron chi connectivity index (χ1n) is 10.1. The van der Waals surface area contributed by atoms with Crippen LogP contribution in [0.3, 0.4) is 0 Å². The lowest BCUT2D eigenvalue weighted by Crippen LogP contribution is -2.29. The second-order valence-corrected chi connectivity index (χ2v) is 9.46. The summed E-state index contributed by atoms with van der Waals surface area (Å²) in [6, 6.07) is 15.9. The van der Waals surface area contributed by atoms with Gasteiger partial charge in [0.25, 0.3) is 5.91 Å². The molecular formula is C23H23N5OS2. The van der Waals surface area contributed by atoms with Gasteiger partial charge in [-0.2, -0.15) is 5.26 Å². The highest BCUT2D eigenvalue weighted by Crippen LogP contribution is 2.50. The Balaban J connectivity index is 1.75. The molecule has 2 aliphatic rings. The van der Waals surface area contributed by atoms with Crippen molar-refractivity contribution in [2.24, 2.45) is 4.99 Å². The van der Waals surface area contributed by atoms with Gasteiger partial charge in [0, 0.05) is 24.5 Å². The van der Waals surface area contributed by atoms with Gasteiger partial charge in [-0.1, -0.05) is 23.9 Å². The van der Waals surface area contributed by atoms with Crippen LogP contribution in [0, 0.1) is 11.3 Å². The van der Waals surface area contributed by atoms with Gasteiger partial charge in [-0.15, -0.1) is 0 Å². The summed E-state index contributed by atoms with van der Waals surface area (Å²) < 4.78 is 0. The van der Waals surface area contributed by atoms with Crippen molar-refractivity contribution < 1.29 is 4.79 Å². The number of anilines is 2. The van der Waals surface area contributed by atoms with E-state index in [1.165, 1.54) is 11.8 Å². The topological polar surface area (TPSA) is 71.7 Å². The zero-order valence-electron chi connectivity index (χ0n) is 17.8. The summed E-state index contributed by atoms with van der Waals surface area (Å²) >= 11 is 3.00. The van der Waals surface area contributed by atoms with Gasteiger partial charge < -0.3 is 10.2 Å². The molecule has 2 heterocycles. The Morgan fingerprint density at radius 3 is 2.65 bits per heavy atom. The van der Waals surface area contributed by atoms with Crippen LogP contribution in [-0.2, 0) is 4.79 Å². The van der Waals surface area contributed by atoms with E-state index in [9.17, 15) is 10.1 Å². The number of fused-ring (bicyclic) bond motifs is 1. The SMILES string of the molecule is CCN1C(=O)C(=C2Sc3ccccc3N2C)SC1=Nc1cc(C#N)ccc1NC(C)C. The summed E-state index contributed by atoms with van der Waals surface area (Å²) in [7, 11) is 1.99. The lowest BCUT2D eigenvalue weighted by molar-refractivity contribution is -0.122. The third kappa shape index (κ3) is 4.03. The van der Waals surface area contributed by atoms with Gasteiger partial charge in [-0.3, -0.25) is 9.69 Å². The molecule has 1 saturated heterocycles. The average Bonchev–Trinajstić information content (AvgIpc) is 3.25. The van der Waals surface area contributed by atoms with Crippen molar-refractivity contribution in [3.63, 3.8) is 0 Å². The monoisotopic (exact) mass is 449 g/mol. The number of amides is 1. The number of nitrogens with one attached hydrogen (secondary N) is 1. The van der Waals surface area contributed by atoms with Crippen LogP contribution in [-0.4, -0.2) is 35.6 Å². The number of nitrogens with zero attached hydrogens (tertiary/aromatic N) is 4. The minimum absolute atomic E-state index is 0.0387. The van der Waals surface area contributed by atoms with E-state index in [-0.39, 0.29) is 11.9 Å². The van der Waals surface area contributed by atoms with Crippen LogP contribution in [0.15, 0.2) is 62.3 Å². The third-order valence-corrected chi connectivity index (χ3v) is 7.33. The molecule has 1 amide bonds. The number of likely N-dealkylation sites (N-methyl/N-ethyl adjacent to an activating group) is 1. The van der Waals surface area contributed by atoms with Crippen LogP contribution in [0.1, 0.15) is 26.3 Å². The molecular weight excluding hydrogens is 426 g/mol. The molecule has 0 bridgehead atoms. The summed E-state index contributed by atoms with van der Waals surface area (Å²) in [6.07, 6.45) is 0. The molecule has 8 heteroatoms. The molecule has 0 atom stereocenters. The van der Waals surface area contributed by atoms with Crippen molar-refractivity contribution in [2.75, 3.05) is 23.8 Å². The lowest BCUT2D eigenvalue weighted by Gasteiger charge is -2.16. The Labute approximate surface area is 191 Å². The van der Waals surface area contributed by atoms with Gasteiger partial charge in [-0.25, -0.2) is 4.99 Å². The largest absolute Gasteiger partial charge is 0.381 e. The number of thioether (sulfide) groups is 2. The Morgan fingerprint density at radius 2 is 1.97 bits per heavy atom. The van der Waals surface area contributed by atoms with Crippen LogP contribution in [0.4, 0.5) is 17.1 Å². The number of amidine groups is 1. The van der Waals surface area contributed by atoms with Gasteiger partial charge in [-0.05, 0) is 62.9 Å². The van der Waals surface area contributed by atoms with Crippen molar-refractivity contribution in [2.45, 2.75) is 31.7 Å². The molecule has 1 fully saturated rings. The van der Waals surface area contributed by atoms with Crippen LogP contribution in [0.2, 0.25) is 0 Å². The van der Waals surface area contributed by atoms with Crippen molar-refractivity contribution in [1.29, 1.82) is 5.26 Å². The molecule has 6 nitrogen and oxygen atoms in total. The van der Waals surface area contributed by atoms with Gasteiger partial charge in [0.05, 0.1) is 33.7 Å². The van der Waals surface area contributed by atoms with Crippen molar-refractivity contribution in [3.05, 3.63) is 58.0 Å². The van der Waals surface area contributed by atoms with E-state index in [1.807, 2.05) is 32.2 Å². The number of nitriles is 1. The van der Waals surface area contributed by atoms with Gasteiger partial charge in [0.2, 0.25) is 0 Å². The maximum absolute atomic E-state index is 13.3. The highest BCUT2D eigenvalue weighted by atomic mass is 32.2. The van der Waals surface area contributed by atoms with E-state index in [0.29, 0.717) is 27.9 Å². The van der Waals surface area contributed by atoms with E-state index in [2.05, 4.69) is 42.3 Å². The molecule has 0 aliphatic carbocycles. The van der Waals surface area contributed by atoms with E-state index in [0.717, 1.165) is 21.3 Å². The molecule has 0 spiro atoms. The summed E-state index contributed by atoms with van der Waals surface area (Å²) in [5.41, 5.74) is 3.13. The number of para-hydroxylation sites is 1. The molecule has 2 aromatic carbocycles. The molecule has 0 unspecified atom stereocenters. The predicted molar refractivity (Wildman–Crippen MR) is 130 cm³/mol. The van der Waals surface area contributed by atoms with Crippen molar-refractivity contribution in [3.8, 4) is 6.07 Å². The maximum atomic E-state index is 13.3. The lowest BCUT2D eigenvalue weighted by atomic mass is 10.2. The number of carbonyl (C=O) groups excluding carboxylic acids is 1. The molecule has 158 valence electrons. The summed E-state index contributed by atoms with van der Waals surface area (Å²) in [6.45, 7) is 6.57. The zero-order chi connectivity index (χ0) is 22.1. The molecule has 2 aliphatic heterocycles. The van der Waals surface area contributed by atoms with Crippen LogP contribution < -0.4 is 10.2 Å². The first-order valence-corrected chi connectivity index (χ1v) is 11.7. The number of carbonyl (C=O) groups is 1. The third-order valence-electron chi connectivity index (χ3n) is 4.90. The van der Waals surface area contributed by atoms with E-state index < -0.39 is 0 Å². The average molecular weight is 450 g/mol. The predicted octanol–water partition coefficient (Wildman–Crippen LogP) is 5.37. The molecule has 0 aromatic heterocycles. The minimum Gasteiger partial charge on any atom is -0.381 e. The van der Waals surface area contributed by atoms with Crippen molar-refractivity contribution in [1.82, 2.24) is 4.90 Å². The molecule has 31 heavy (non-hydrogen) atoms. The Hall–Kier alpha value is -2.89. The number of aliphatic imine (C=N–C) groups is 1. The van der Waals surface area contributed by atoms with Crippen molar-refractivity contribution >= 4 is 51.7 Å². The fourth-order valence-electron chi connectivity index (χ4n) is 3.43. The van der Waals surface area contributed by atoms with Gasteiger partial charge >= 0.3 is 0 Å². The molecule has 0 saturated carbocycles. The normalized spacial score (nSPS) is 19.4. The fraction of sp³-hybridized carbons (Fsp3) is 0.261. The molecule has 1 N–H and O–H groups in total. The second-order valence-electron chi connectivity index (χ2n) is 7.45. The molecule has 2 aromatic rings. The first-order chi connectivity index (χ1) is 14.9. The van der Waals surface area contributed by atoms with Gasteiger partial charge in [0.1, 0.15) is 4.91 Å². The summed E-state index contributed by atoms with van der Waals surface area (Å²) in [5, 5.41) is 14.3. The first kappa shape index (κ1) is 21.3. The second kappa shape index (κ2) is 8.69. The van der Waals surface area contributed by atoms with Crippen LogP contribution in [0.25, 0.3) is 0 Å². The van der Waals surface area contributed by atoms with Gasteiger partial charge in [0.15, 0.2) is 5.17 Å². The number of hydrogen-bond donors (Lipinski definition) is 1. The minimum atomic E-state index is -0.0387. The number of rotatable bonds is 4. The highest BCUT2D eigenvalue weighted by Gasteiger charge is 2.38. The highest BCUT2D eigenvalue weighted by molar-refractivity contribution is 8.19. The van der Waals surface area contributed by atoms with Crippen LogP contribution in [0.5, 0.6) is 0 Å². The quantitative estimate of drug-likeness (QED) is 0.633. The Bertz CT molecular complexity index is 1150. The summed E-state index contributed by atoms with van der Waals surface area (Å²) in [5.74, 6) is -0.0387. The number of hydrogen-bond acceptors (Lipinski definition) is 7. The summed E-state index contributed by atoms with van der Waals surface area (Å²) in [4.78, 5) is 23.7. The maximum Gasteiger partial charge on any atom is 0.269 e. The fourth-order valence-corrected chi connectivity index (χ4v) is 5.83. The number of benzene rings is 2. The zero-order valence-corrected chi connectivity index (χ0v) is 19.5.